The molecule has 0 heterocycles. The Labute approximate surface area is 113 Å². The van der Waals surface area contributed by atoms with Crippen LogP contribution in [0.5, 0.6) is 0 Å². The van der Waals surface area contributed by atoms with Crippen LogP contribution in [0.4, 0.5) is 0 Å². The van der Waals surface area contributed by atoms with Crippen molar-refractivity contribution >= 4 is 17.7 Å². The van der Waals surface area contributed by atoms with Crippen LogP contribution in [-0.4, -0.2) is 31.8 Å². The summed E-state index contributed by atoms with van der Waals surface area (Å²) in [6.45, 7) is 2.00. The summed E-state index contributed by atoms with van der Waals surface area (Å²) in [5.41, 5.74) is 0. The number of nitrogens with one attached hydrogen (secondary N) is 2. The molecule has 0 bridgehead atoms. The zero-order valence-electron chi connectivity index (χ0n) is 10.9. The van der Waals surface area contributed by atoms with E-state index in [-0.39, 0.29) is 0 Å². The zero-order valence-corrected chi connectivity index (χ0v) is 11.7. The Morgan fingerprint density at radius 1 is 1.28 bits per heavy atom. The summed E-state index contributed by atoms with van der Waals surface area (Å²) in [5, 5.41) is 6.70. The lowest BCUT2D eigenvalue weighted by Gasteiger charge is -2.11. The Kier molecular flexibility index (Phi) is 5.39. The number of hydrogen-bond donors (Lipinski definition) is 2. The van der Waals surface area contributed by atoms with E-state index in [2.05, 4.69) is 39.9 Å². The molecule has 0 atom stereocenters. The van der Waals surface area contributed by atoms with Crippen molar-refractivity contribution in [1.29, 1.82) is 0 Å². The predicted octanol–water partition coefficient (Wildman–Crippen LogP) is 2.35. The smallest absolute Gasteiger partial charge is 0.191 e. The van der Waals surface area contributed by atoms with Gasteiger partial charge in [-0.15, -0.1) is 11.8 Å². The monoisotopic (exact) mass is 263 g/mol. The normalized spacial score (nSPS) is 15.5. The number of nitrogens with zero attached hydrogens (tertiary/aromatic N) is 1. The maximum atomic E-state index is 4.22. The molecule has 1 aliphatic carbocycles. The van der Waals surface area contributed by atoms with Gasteiger partial charge in [-0.1, -0.05) is 18.2 Å². The Balaban J connectivity index is 1.58. The highest BCUT2D eigenvalue weighted by atomic mass is 32.2. The van der Waals surface area contributed by atoms with Gasteiger partial charge in [-0.2, -0.15) is 0 Å². The molecule has 1 aromatic rings. The second-order valence-electron chi connectivity index (χ2n) is 4.48. The van der Waals surface area contributed by atoms with Gasteiger partial charge in [-0.25, -0.2) is 0 Å². The number of rotatable bonds is 6. The maximum absolute atomic E-state index is 4.22. The summed E-state index contributed by atoms with van der Waals surface area (Å²) in [4.78, 5) is 5.54. The van der Waals surface area contributed by atoms with E-state index < -0.39 is 0 Å². The SMILES string of the molecule is CN=C(NCCSc1ccccc1)NCC1CC1. The molecule has 3 nitrogen and oxygen atoms in total. The van der Waals surface area contributed by atoms with Crippen molar-refractivity contribution in [3.05, 3.63) is 30.3 Å². The minimum absolute atomic E-state index is 0.877. The van der Waals surface area contributed by atoms with Gasteiger partial charge in [-0.05, 0) is 30.9 Å². The van der Waals surface area contributed by atoms with Gasteiger partial charge in [0.25, 0.3) is 0 Å². The molecule has 1 saturated carbocycles. The quantitative estimate of drug-likeness (QED) is 0.358. The van der Waals surface area contributed by atoms with Gasteiger partial charge in [0.15, 0.2) is 5.96 Å². The number of benzene rings is 1. The molecule has 1 fully saturated rings. The van der Waals surface area contributed by atoms with Crippen molar-refractivity contribution in [2.75, 3.05) is 25.9 Å². The molecule has 0 aliphatic heterocycles. The first-order valence-electron chi connectivity index (χ1n) is 6.51. The molecule has 0 saturated heterocycles. The van der Waals surface area contributed by atoms with Crippen molar-refractivity contribution in [2.45, 2.75) is 17.7 Å². The molecule has 1 aliphatic rings. The van der Waals surface area contributed by atoms with Gasteiger partial charge in [0.2, 0.25) is 0 Å². The molecule has 0 spiro atoms. The lowest BCUT2D eigenvalue weighted by Crippen LogP contribution is -2.39. The van der Waals surface area contributed by atoms with Crippen LogP contribution in [0.15, 0.2) is 40.2 Å². The Hall–Kier alpha value is -1.16. The Bertz CT molecular complexity index is 374. The van der Waals surface area contributed by atoms with Crippen molar-refractivity contribution in [1.82, 2.24) is 10.6 Å². The van der Waals surface area contributed by atoms with Crippen LogP contribution in [0.25, 0.3) is 0 Å². The first-order chi connectivity index (χ1) is 8.88. The molecule has 4 heteroatoms. The number of thioether (sulfide) groups is 1. The summed E-state index contributed by atoms with van der Waals surface area (Å²) < 4.78 is 0. The molecule has 0 aromatic heterocycles. The lowest BCUT2D eigenvalue weighted by molar-refractivity contribution is 0.745. The van der Waals surface area contributed by atoms with Crippen LogP contribution in [-0.2, 0) is 0 Å². The number of aliphatic imine (C=N–C) groups is 1. The third-order valence-electron chi connectivity index (χ3n) is 2.89. The summed E-state index contributed by atoms with van der Waals surface area (Å²) >= 11 is 1.86. The van der Waals surface area contributed by atoms with E-state index in [1.54, 1.807) is 0 Å². The predicted molar refractivity (Wildman–Crippen MR) is 79.3 cm³/mol. The zero-order chi connectivity index (χ0) is 12.6. The van der Waals surface area contributed by atoms with Gasteiger partial charge in [0, 0.05) is 30.8 Å². The van der Waals surface area contributed by atoms with Gasteiger partial charge >= 0.3 is 0 Å². The van der Waals surface area contributed by atoms with E-state index in [9.17, 15) is 0 Å². The third-order valence-corrected chi connectivity index (χ3v) is 3.90. The topological polar surface area (TPSA) is 36.4 Å². The van der Waals surface area contributed by atoms with Crippen LogP contribution < -0.4 is 10.6 Å². The van der Waals surface area contributed by atoms with Crippen molar-refractivity contribution in [3.63, 3.8) is 0 Å². The van der Waals surface area contributed by atoms with Crippen molar-refractivity contribution in [3.8, 4) is 0 Å². The molecule has 98 valence electrons. The van der Waals surface area contributed by atoms with E-state index >= 15 is 0 Å². The molecule has 2 N–H and O–H groups in total. The van der Waals surface area contributed by atoms with Gasteiger partial charge in [-0.3, -0.25) is 4.99 Å². The van der Waals surface area contributed by atoms with Gasteiger partial charge < -0.3 is 10.6 Å². The van der Waals surface area contributed by atoms with Crippen LogP contribution in [0.2, 0.25) is 0 Å². The average Bonchev–Trinajstić information content (AvgIpc) is 3.23. The molecular weight excluding hydrogens is 242 g/mol. The second-order valence-corrected chi connectivity index (χ2v) is 5.65. The Morgan fingerprint density at radius 3 is 2.72 bits per heavy atom. The average molecular weight is 263 g/mol. The standard InChI is InChI=1S/C14H21N3S/c1-15-14(17-11-12-7-8-12)16-9-10-18-13-5-3-2-4-6-13/h2-6,12H,7-11H2,1H3,(H2,15,16,17). The molecular formula is C14H21N3S. The maximum Gasteiger partial charge on any atom is 0.191 e. The minimum atomic E-state index is 0.877. The molecule has 0 amide bonds. The fraction of sp³-hybridized carbons (Fsp3) is 0.500. The minimum Gasteiger partial charge on any atom is -0.356 e. The molecule has 0 radical (unpaired) electrons. The van der Waals surface area contributed by atoms with E-state index in [0.717, 1.165) is 30.7 Å². The largest absolute Gasteiger partial charge is 0.356 e. The highest BCUT2D eigenvalue weighted by Gasteiger charge is 2.20. The fourth-order valence-corrected chi connectivity index (χ4v) is 2.43. The molecule has 18 heavy (non-hydrogen) atoms. The highest BCUT2D eigenvalue weighted by Crippen LogP contribution is 2.27. The summed E-state index contributed by atoms with van der Waals surface area (Å²) in [7, 11) is 1.83. The molecule has 1 aromatic carbocycles. The first-order valence-corrected chi connectivity index (χ1v) is 7.49. The summed E-state index contributed by atoms with van der Waals surface area (Å²) in [6.07, 6.45) is 2.74. The summed E-state index contributed by atoms with van der Waals surface area (Å²) in [5.74, 6) is 2.85. The lowest BCUT2D eigenvalue weighted by atomic mass is 10.4. The molecule has 0 unspecified atom stereocenters. The fourth-order valence-electron chi connectivity index (χ4n) is 1.64. The van der Waals surface area contributed by atoms with E-state index in [1.807, 2.05) is 24.9 Å². The number of hydrogen-bond acceptors (Lipinski definition) is 2. The van der Waals surface area contributed by atoms with Crippen LogP contribution >= 0.6 is 11.8 Å². The van der Waals surface area contributed by atoms with Crippen molar-refractivity contribution in [2.24, 2.45) is 10.9 Å². The second kappa shape index (κ2) is 7.31. The van der Waals surface area contributed by atoms with Crippen LogP contribution in [0.3, 0.4) is 0 Å². The Morgan fingerprint density at radius 2 is 2.06 bits per heavy atom. The summed E-state index contributed by atoms with van der Waals surface area (Å²) in [6, 6.07) is 10.5. The first kappa shape index (κ1) is 13.3. The van der Waals surface area contributed by atoms with E-state index in [1.165, 1.54) is 17.7 Å². The van der Waals surface area contributed by atoms with Gasteiger partial charge in [0.1, 0.15) is 0 Å². The van der Waals surface area contributed by atoms with E-state index in [0.29, 0.717) is 0 Å². The highest BCUT2D eigenvalue weighted by molar-refractivity contribution is 7.99. The third kappa shape index (κ3) is 5.00. The molecule has 2 rings (SSSR count). The van der Waals surface area contributed by atoms with Crippen LogP contribution in [0.1, 0.15) is 12.8 Å². The van der Waals surface area contributed by atoms with Gasteiger partial charge in [0.05, 0.1) is 0 Å². The van der Waals surface area contributed by atoms with Crippen molar-refractivity contribution < 1.29 is 0 Å². The van der Waals surface area contributed by atoms with Crippen LogP contribution in [0, 0.1) is 5.92 Å². The van der Waals surface area contributed by atoms with E-state index in [4.69, 9.17) is 0 Å². The number of guanidine groups is 1.